The molecule has 1 aromatic heterocycles. The van der Waals surface area contributed by atoms with E-state index in [0.29, 0.717) is 12.8 Å². The van der Waals surface area contributed by atoms with Gasteiger partial charge in [0, 0.05) is 24.7 Å². The number of guanidine groups is 2. The number of sulfonamides is 1. The van der Waals surface area contributed by atoms with E-state index < -0.39 is 40.5 Å². The lowest BCUT2D eigenvalue weighted by Crippen LogP contribution is -2.50. The van der Waals surface area contributed by atoms with E-state index >= 15 is 0 Å². The number of carbonyl (C=O) groups is 3. The average molecular weight is 533 g/mol. The lowest BCUT2D eigenvalue weighted by Gasteiger charge is -2.19. The SMILES string of the molecule is CS(=O)(=O)N[C@H](CCCN=C(N)N)C(=O)NCC(=O)N[C@@H](CCCN=C(N)N)C(=O)c1nccs1. The summed E-state index contributed by atoms with van der Waals surface area (Å²) in [6.45, 7) is -0.0298. The van der Waals surface area contributed by atoms with Gasteiger partial charge in [-0.2, -0.15) is 0 Å². The molecule has 2 atom stereocenters. The smallest absolute Gasteiger partial charge is 0.239 e. The highest BCUT2D eigenvalue weighted by atomic mass is 32.2. The van der Waals surface area contributed by atoms with Gasteiger partial charge in [0.15, 0.2) is 16.9 Å². The summed E-state index contributed by atoms with van der Waals surface area (Å²) in [6.07, 6.45) is 3.42. The predicted octanol–water partition coefficient (Wildman–Crippen LogP) is -3.05. The van der Waals surface area contributed by atoms with Crippen LogP contribution in [0.5, 0.6) is 0 Å². The molecule has 0 saturated heterocycles. The molecule has 1 aromatic rings. The maximum atomic E-state index is 12.7. The van der Waals surface area contributed by atoms with Crippen molar-refractivity contribution >= 4 is 50.9 Å². The topological polar surface area (TPSA) is 263 Å². The van der Waals surface area contributed by atoms with E-state index in [0.717, 1.165) is 17.6 Å². The van der Waals surface area contributed by atoms with Crippen LogP contribution in [0, 0.1) is 0 Å². The second-order valence-corrected chi connectivity index (χ2v) is 10.1. The predicted molar refractivity (Wildman–Crippen MR) is 133 cm³/mol. The number of nitrogens with zero attached hydrogens (tertiary/aromatic N) is 3. The quantitative estimate of drug-likeness (QED) is 0.0489. The maximum absolute atomic E-state index is 12.7. The van der Waals surface area contributed by atoms with Crippen LogP contribution in [0.25, 0.3) is 0 Å². The minimum absolute atomic E-state index is 0.0879. The molecular formula is C18H32N10O5S2. The molecule has 0 unspecified atom stereocenters. The highest BCUT2D eigenvalue weighted by molar-refractivity contribution is 7.88. The molecule has 2 amide bonds. The van der Waals surface area contributed by atoms with Crippen LogP contribution in [0.3, 0.4) is 0 Å². The molecule has 0 spiro atoms. The fourth-order valence-corrected chi connectivity index (χ4v) is 4.18. The number of nitrogens with two attached hydrogens (primary N) is 4. The van der Waals surface area contributed by atoms with Crippen molar-refractivity contribution in [2.45, 2.75) is 37.8 Å². The van der Waals surface area contributed by atoms with Gasteiger partial charge in [-0.1, -0.05) is 0 Å². The number of aromatic nitrogens is 1. The van der Waals surface area contributed by atoms with Gasteiger partial charge in [-0.3, -0.25) is 24.4 Å². The van der Waals surface area contributed by atoms with Gasteiger partial charge in [0.05, 0.1) is 18.8 Å². The maximum Gasteiger partial charge on any atom is 0.239 e. The number of Topliss-reactive ketones (excluding diaryl/α,β-unsaturated/α-hetero) is 1. The molecule has 0 aromatic carbocycles. The standard InChI is InChI=1S/C18H32N10O5S2/c1-35(32,33)28-12(5-3-7-25-18(21)22)15(31)26-10-13(29)27-11(4-2-6-24-17(19)20)14(30)16-23-8-9-34-16/h8-9,11-12,28H,2-7,10H2,1H3,(H,26,31)(H,27,29)(H4,19,20,24)(H4,21,22,25)/t11-,12+/m0/s1. The van der Waals surface area contributed by atoms with E-state index in [1.54, 1.807) is 5.38 Å². The number of aliphatic imine (C=N–C) groups is 2. The van der Waals surface area contributed by atoms with Gasteiger partial charge in [0.1, 0.15) is 6.04 Å². The zero-order valence-electron chi connectivity index (χ0n) is 19.3. The first-order valence-electron chi connectivity index (χ1n) is 10.5. The minimum atomic E-state index is -3.71. The van der Waals surface area contributed by atoms with Gasteiger partial charge in [0.25, 0.3) is 0 Å². The largest absolute Gasteiger partial charge is 0.370 e. The summed E-state index contributed by atoms with van der Waals surface area (Å²) in [7, 11) is -3.71. The van der Waals surface area contributed by atoms with Crippen LogP contribution in [0.1, 0.15) is 35.5 Å². The molecular weight excluding hydrogens is 500 g/mol. The highest BCUT2D eigenvalue weighted by Gasteiger charge is 2.25. The van der Waals surface area contributed by atoms with Crippen molar-refractivity contribution in [1.82, 2.24) is 20.3 Å². The summed E-state index contributed by atoms with van der Waals surface area (Å²) >= 11 is 1.13. The zero-order valence-corrected chi connectivity index (χ0v) is 20.9. The minimum Gasteiger partial charge on any atom is -0.370 e. The fraction of sp³-hybridized carbons (Fsp3) is 0.556. The second kappa shape index (κ2) is 14.8. The van der Waals surface area contributed by atoms with Gasteiger partial charge in [-0.25, -0.2) is 18.1 Å². The van der Waals surface area contributed by atoms with E-state index in [1.165, 1.54) is 6.20 Å². The molecule has 0 radical (unpaired) electrons. The van der Waals surface area contributed by atoms with E-state index in [9.17, 15) is 22.8 Å². The molecule has 35 heavy (non-hydrogen) atoms. The molecule has 11 N–H and O–H groups in total. The molecule has 17 heteroatoms. The van der Waals surface area contributed by atoms with Crippen molar-refractivity contribution in [2.75, 3.05) is 25.9 Å². The van der Waals surface area contributed by atoms with Gasteiger partial charge >= 0.3 is 0 Å². The van der Waals surface area contributed by atoms with E-state index in [2.05, 4.69) is 30.3 Å². The first kappa shape index (κ1) is 29.7. The lowest BCUT2D eigenvalue weighted by atomic mass is 10.1. The number of ketones is 1. The van der Waals surface area contributed by atoms with E-state index in [-0.39, 0.29) is 48.6 Å². The van der Waals surface area contributed by atoms with Crippen LogP contribution < -0.4 is 38.3 Å². The van der Waals surface area contributed by atoms with Crippen molar-refractivity contribution in [3.8, 4) is 0 Å². The number of rotatable bonds is 16. The molecule has 0 bridgehead atoms. The third-order valence-corrected chi connectivity index (χ3v) is 5.78. The van der Waals surface area contributed by atoms with Crippen LogP contribution in [0.4, 0.5) is 0 Å². The Morgan fingerprint density at radius 1 is 1.03 bits per heavy atom. The first-order valence-corrected chi connectivity index (χ1v) is 13.2. The van der Waals surface area contributed by atoms with Crippen molar-refractivity contribution in [3.63, 3.8) is 0 Å². The summed E-state index contributed by atoms with van der Waals surface area (Å²) < 4.78 is 25.5. The van der Waals surface area contributed by atoms with Crippen LogP contribution in [-0.2, 0) is 19.6 Å². The summed E-state index contributed by atoms with van der Waals surface area (Å²) in [5.74, 6) is -1.96. The van der Waals surface area contributed by atoms with Crippen LogP contribution >= 0.6 is 11.3 Å². The van der Waals surface area contributed by atoms with Crippen LogP contribution in [0.2, 0.25) is 0 Å². The Labute approximate surface area is 207 Å². The molecule has 0 aliphatic heterocycles. The van der Waals surface area contributed by atoms with E-state index in [1.807, 2.05) is 0 Å². The number of hydrogen-bond acceptors (Lipinski definition) is 9. The third-order valence-electron chi connectivity index (χ3n) is 4.28. The Morgan fingerprint density at radius 3 is 2.09 bits per heavy atom. The summed E-state index contributed by atoms with van der Waals surface area (Å²) in [6, 6.07) is -2.05. The Morgan fingerprint density at radius 2 is 1.60 bits per heavy atom. The van der Waals surface area contributed by atoms with Crippen molar-refractivity contribution in [1.29, 1.82) is 0 Å². The number of nitrogens with one attached hydrogen (secondary N) is 3. The number of carbonyl (C=O) groups excluding carboxylic acids is 3. The Hall–Kier alpha value is -3.31. The van der Waals surface area contributed by atoms with Gasteiger partial charge in [-0.15, -0.1) is 11.3 Å². The summed E-state index contributed by atoms with van der Waals surface area (Å²) in [5.41, 5.74) is 21.1. The van der Waals surface area contributed by atoms with Crippen LogP contribution in [0.15, 0.2) is 21.6 Å². The third kappa shape index (κ3) is 13.2. The highest BCUT2D eigenvalue weighted by Crippen LogP contribution is 2.11. The van der Waals surface area contributed by atoms with Crippen molar-refractivity contribution < 1.29 is 22.8 Å². The first-order chi connectivity index (χ1) is 16.4. The molecule has 0 fully saturated rings. The number of amides is 2. The molecule has 1 heterocycles. The van der Waals surface area contributed by atoms with E-state index in [4.69, 9.17) is 22.9 Å². The molecule has 196 valence electrons. The van der Waals surface area contributed by atoms with Crippen LogP contribution in [-0.4, -0.2) is 80.9 Å². The number of thiazole rings is 1. The van der Waals surface area contributed by atoms with Gasteiger partial charge < -0.3 is 33.6 Å². The van der Waals surface area contributed by atoms with Gasteiger partial charge in [-0.05, 0) is 25.7 Å². The molecule has 0 saturated carbocycles. The Bertz CT molecular complexity index is 1000. The summed E-state index contributed by atoms with van der Waals surface area (Å²) in [4.78, 5) is 49.3. The number of hydrogen-bond donors (Lipinski definition) is 7. The molecule has 1 rings (SSSR count). The Balaban J connectivity index is 2.73. The lowest BCUT2D eigenvalue weighted by molar-refractivity contribution is -0.127. The second-order valence-electron chi connectivity index (χ2n) is 7.38. The van der Waals surface area contributed by atoms with Crippen molar-refractivity contribution in [2.24, 2.45) is 32.9 Å². The monoisotopic (exact) mass is 532 g/mol. The summed E-state index contributed by atoms with van der Waals surface area (Å²) in [5, 5.41) is 6.80. The average Bonchev–Trinajstić information content (AvgIpc) is 3.29. The molecule has 0 aliphatic carbocycles. The van der Waals surface area contributed by atoms with Gasteiger partial charge in [0.2, 0.25) is 27.6 Å². The Kier molecular flexibility index (Phi) is 12.6. The zero-order chi connectivity index (χ0) is 26.4. The molecule has 15 nitrogen and oxygen atoms in total. The fourth-order valence-electron chi connectivity index (χ4n) is 2.81. The normalized spacial score (nSPS) is 12.7. The van der Waals surface area contributed by atoms with Crippen molar-refractivity contribution in [3.05, 3.63) is 16.6 Å². The molecule has 0 aliphatic rings.